The van der Waals surface area contributed by atoms with Crippen molar-refractivity contribution in [1.82, 2.24) is 4.90 Å². The summed E-state index contributed by atoms with van der Waals surface area (Å²) in [5.74, 6) is 0. The lowest BCUT2D eigenvalue weighted by atomic mass is 9.90. The molecule has 2 aromatic carbocycles. The maximum atomic E-state index is 13.6. The van der Waals surface area contributed by atoms with Crippen LogP contribution in [-0.4, -0.2) is 58.5 Å². The molecule has 2 heterocycles. The Balaban J connectivity index is 1.52. The third kappa shape index (κ3) is 5.69. The summed E-state index contributed by atoms with van der Waals surface area (Å²) in [6, 6.07) is 12.3. The van der Waals surface area contributed by atoms with Gasteiger partial charge in [0.05, 0.1) is 38.6 Å². The van der Waals surface area contributed by atoms with Gasteiger partial charge in [0.15, 0.2) is 0 Å². The maximum absolute atomic E-state index is 13.6. The number of hydrogen-bond acceptors (Lipinski definition) is 5. The summed E-state index contributed by atoms with van der Waals surface area (Å²) in [6.45, 7) is 3.83. The third-order valence-electron chi connectivity index (χ3n) is 6.26. The SMILES string of the molecule is CN(C)CCC1(COCc2cc(N3CCOCC3)cc(C(F)(F)F)c2)OCc2ccccc21. The Kier molecular flexibility index (Phi) is 7.28. The lowest BCUT2D eigenvalue weighted by Crippen LogP contribution is -2.36. The first-order chi connectivity index (χ1) is 15.8. The molecule has 0 amide bonds. The van der Waals surface area contributed by atoms with E-state index in [-0.39, 0.29) is 13.2 Å². The van der Waals surface area contributed by atoms with Gasteiger partial charge >= 0.3 is 6.18 Å². The Bertz CT molecular complexity index is 945. The number of nitrogens with zero attached hydrogens (tertiary/aromatic N) is 2. The zero-order valence-electron chi connectivity index (χ0n) is 19.2. The van der Waals surface area contributed by atoms with Gasteiger partial charge in [-0.05, 0) is 55.4 Å². The highest BCUT2D eigenvalue weighted by Gasteiger charge is 2.40. The van der Waals surface area contributed by atoms with Gasteiger partial charge in [0.2, 0.25) is 0 Å². The first kappa shape index (κ1) is 24.0. The quantitative estimate of drug-likeness (QED) is 0.577. The molecule has 1 fully saturated rings. The standard InChI is InChI=1S/C25H31F3N2O3/c1-29(2)8-7-24(23-6-4-3-5-20(23)17-33-24)18-32-16-19-13-21(25(26,27)28)15-22(14-19)30-9-11-31-12-10-30/h3-6,13-15H,7-12,16-18H2,1-2H3. The van der Waals surface area contributed by atoms with E-state index < -0.39 is 17.3 Å². The molecule has 0 bridgehead atoms. The molecule has 0 radical (unpaired) electrons. The second-order valence-corrected chi connectivity index (χ2v) is 8.97. The van der Waals surface area contributed by atoms with Crippen molar-refractivity contribution in [2.45, 2.75) is 31.4 Å². The van der Waals surface area contributed by atoms with Crippen LogP contribution in [0.2, 0.25) is 0 Å². The maximum Gasteiger partial charge on any atom is 0.416 e. The molecule has 0 spiro atoms. The summed E-state index contributed by atoms with van der Waals surface area (Å²) in [7, 11) is 4.01. The molecule has 1 saturated heterocycles. The van der Waals surface area contributed by atoms with Crippen molar-refractivity contribution in [3.8, 4) is 0 Å². The minimum absolute atomic E-state index is 0.0799. The molecule has 0 aromatic heterocycles. The minimum Gasteiger partial charge on any atom is -0.378 e. The van der Waals surface area contributed by atoms with Crippen molar-refractivity contribution < 1.29 is 27.4 Å². The average molecular weight is 465 g/mol. The van der Waals surface area contributed by atoms with E-state index in [1.54, 1.807) is 6.07 Å². The van der Waals surface area contributed by atoms with Gasteiger partial charge in [0.1, 0.15) is 5.60 Å². The molecule has 2 aliphatic rings. The largest absolute Gasteiger partial charge is 0.416 e. The van der Waals surface area contributed by atoms with Crippen LogP contribution >= 0.6 is 0 Å². The fraction of sp³-hybridized carbons (Fsp3) is 0.520. The van der Waals surface area contributed by atoms with Crippen molar-refractivity contribution in [2.24, 2.45) is 0 Å². The molecule has 5 nitrogen and oxygen atoms in total. The summed E-state index contributed by atoms with van der Waals surface area (Å²) < 4.78 is 58.4. The number of hydrogen-bond donors (Lipinski definition) is 0. The third-order valence-corrected chi connectivity index (χ3v) is 6.26. The molecule has 0 N–H and O–H groups in total. The van der Waals surface area contributed by atoms with Gasteiger partial charge in [-0.3, -0.25) is 0 Å². The number of ether oxygens (including phenoxy) is 3. The van der Waals surface area contributed by atoms with E-state index in [1.165, 1.54) is 12.1 Å². The smallest absolute Gasteiger partial charge is 0.378 e. The van der Waals surface area contributed by atoms with E-state index in [0.29, 0.717) is 44.2 Å². The van der Waals surface area contributed by atoms with Gasteiger partial charge in [-0.25, -0.2) is 0 Å². The van der Waals surface area contributed by atoms with Crippen LogP contribution < -0.4 is 4.90 Å². The highest BCUT2D eigenvalue weighted by Crippen LogP contribution is 2.40. The molecule has 1 unspecified atom stereocenters. The minimum atomic E-state index is -4.42. The van der Waals surface area contributed by atoms with Crippen molar-refractivity contribution >= 4 is 5.69 Å². The second-order valence-electron chi connectivity index (χ2n) is 8.97. The molecular weight excluding hydrogens is 433 g/mol. The number of benzene rings is 2. The molecule has 2 aliphatic heterocycles. The Labute approximate surface area is 193 Å². The van der Waals surface area contributed by atoms with E-state index in [2.05, 4.69) is 11.0 Å². The van der Waals surface area contributed by atoms with Crippen LogP contribution in [0, 0.1) is 0 Å². The first-order valence-electron chi connectivity index (χ1n) is 11.3. The second kappa shape index (κ2) is 10.0. The molecule has 8 heteroatoms. The van der Waals surface area contributed by atoms with Crippen molar-refractivity contribution in [2.75, 3.05) is 58.5 Å². The Morgan fingerprint density at radius 2 is 1.85 bits per heavy atom. The first-order valence-corrected chi connectivity index (χ1v) is 11.3. The fourth-order valence-corrected chi connectivity index (χ4v) is 4.45. The summed E-state index contributed by atoms with van der Waals surface area (Å²) in [6.07, 6.45) is -3.68. The molecule has 1 atom stereocenters. The number of morpholine rings is 1. The monoisotopic (exact) mass is 464 g/mol. The normalized spacial score (nSPS) is 21.0. The number of alkyl halides is 3. The van der Waals surface area contributed by atoms with E-state index in [9.17, 15) is 13.2 Å². The van der Waals surface area contributed by atoms with E-state index in [0.717, 1.165) is 24.1 Å². The van der Waals surface area contributed by atoms with E-state index in [1.807, 2.05) is 37.2 Å². The van der Waals surface area contributed by atoms with Gasteiger partial charge in [-0.2, -0.15) is 13.2 Å². The number of halogens is 3. The molecule has 33 heavy (non-hydrogen) atoms. The van der Waals surface area contributed by atoms with Gasteiger partial charge in [0.25, 0.3) is 0 Å². The topological polar surface area (TPSA) is 34.2 Å². The average Bonchev–Trinajstić information content (AvgIpc) is 3.17. The zero-order valence-corrected chi connectivity index (χ0v) is 19.2. The van der Waals surface area contributed by atoms with Crippen LogP contribution in [-0.2, 0) is 39.2 Å². The highest BCUT2D eigenvalue weighted by atomic mass is 19.4. The summed E-state index contributed by atoms with van der Waals surface area (Å²) in [5.41, 5.74) is 2.03. The van der Waals surface area contributed by atoms with E-state index >= 15 is 0 Å². The number of fused-ring (bicyclic) bond motifs is 1. The molecule has 180 valence electrons. The summed E-state index contributed by atoms with van der Waals surface area (Å²) >= 11 is 0. The Morgan fingerprint density at radius 1 is 1.09 bits per heavy atom. The van der Waals surface area contributed by atoms with Crippen molar-refractivity contribution in [1.29, 1.82) is 0 Å². The predicted octanol–water partition coefficient (Wildman–Crippen LogP) is 4.44. The van der Waals surface area contributed by atoms with Crippen LogP contribution in [0.3, 0.4) is 0 Å². The van der Waals surface area contributed by atoms with Gasteiger partial charge in [-0.1, -0.05) is 24.3 Å². The van der Waals surface area contributed by atoms with Crippen LogP contribution in [0.4, 0.5) is 18.9 Å². The van der Waals surface area contributed by atoms with E-state index in [4.69, 9.17) is 14.2 Å². The lowest BCUT2D eigenvalue weighted by molar-refractivity contribution is -0.137. The molecular formula is C25H31F3N2O3. The van der Waals surface area contributed by atoms with Crippen LogP contribution in [0.15, 0.2) is 42.5 Å². The summed E-state index contributed by atoms with van der Waals surface area (Å²) in [4.78, 5) is 4.02. The Morgan fingerprint density at radius 3 is 2.58 bits per heavy atom. The fourth-order valence-electron chi connectivity index (χ4n) is 4.45. The molecule has 2 aromatic rings. The van der Waals surface area contributed by atoms with Crippen molar-refractivity contribution in [3.05, 3.63) is 64.7 Å². The summed E-state index contributed by atoms with van der Waals surface area (Å²) in [5, 5.41) is 0. The van der Waals surface area contributed by atoms with Gasteiger partial charge < -0.3 is 24.0 Å². The molecule has 4 rings (SSSR count). The zero-order chi connectivity index (χ0) is 23.5. The lowest BCUT2D eigenvalue weighted by Gasteiger charge is -2.31. The van der Waals surface area contributed by atoms with Crippen LogP contribution in [0.25, 0.3) is 0 Å². The number of rotatable bonds is 8. The predicted molar refractivity (Wildman–Crippen MR) is 120 cm³/mol. The van der Waals surface area contributed by atoms with Gasteiger partial charge in [0, 0.05) is 25.3 Å². The number of anilines is 1. The van der Waals surface area contributed by atoms with Crippen LogP contribution in [0.1, 0.15) is 28.7 Å². The highest BCUT2D eigenvalue weighted by molar-refractivity contribution is 5.52. The molecule has 0 saturated carbocycles. The van der Waals surface area contributed by atoms with Crippen LogP contribution in [0.5, 0.6) is 0 Å². The van der Waals surface area contributed by atoms with Crippen molar-refractivity contribution in [3.63, 3.8) is 0 Å². The Hall–Kier alpha value is -2.13. The molecule has 0 aliphatic carbocycles. The van der Waals surface area contributed by atoms with Gasteiger partial charge in [-0.15, -0.1) is 0 Å².